The van der Waals surface area contributed by atoms with E-state index in [1.807, 2.05) is 7.05 Å². The molecule has 0 spiro atoms. The molecule has 0 unspecified atom stereocenters. The Morgan fingerprint density at radius 2 is 2.06 bits per heavy atom. The molecule has 1 aromatic heterocycles. The number of carbonyl (C=O) groups is 1. The molecule has 1 amide bonds. The van der Waals surface area contributed by atoms with Gasteiger partial charge in [0, 0.05) is 31.1 Å². The topological polar surface area (TPSA) is 58.4 Å². The lowest BCUT2D eigenvalue weighted by Crippen LogP contribution is -2.35. The van der Waals surface area contributed by atoms with Gasteiger partial charge in [-0.25, -0.2) is 9.78 Å². The van der Waals surface area contributed by atoms with Crippen molar-refractivity contribution in [1.29, 1.82) is 0 Å². The smallest absolute Gasteiger partial charge is 0.407 e. The minimum absolute atomic E-state index is 0.0137. The van der Waals surface area contributed by atoms with Crippen molar-refractivity contribution in [1.82, 2.24) is 14.5 Å². The molecule has 1 aromatic rings. The lowest BCUT2D eigenvalue weighted by atomic mass is 9.96. The van der Waals surface area contributed by atoms with Crippen molar-refractivity contribution < 1.29 is 9.90 Å². The van der Waals surface area contributed by atoms with E-state index in [9.17, 15) is 4.79 Å². The van der Waals surface area contributed by atoms with Crippen LogP contribution in [0.25, 0.3) is 0 Å². The van der Waals surface area contributed by atoms with Crippen molar-refractivity contribution >= 4 is 6.09 Å². The predicted octanol–water partition coefficient (Wildman–Crippen LogP) is 1.75. The number of hydrogen-bond acceptors (Lipinski definition) is 2. The molecular weight excluding hydrogens is 218 g/mol. The molecule has 0 atom stereocenters. The molecule has 0 aromatic carbocycles. The Morgan fingerprint density at radius 3 is 2.59 bits per heavy atom. The van der Waals surface area contributed by atoms with Crippen LogP contribution in [0.15, 0.2) is 0 Å². The van der Waals surface area contributed by atoms with Crippen LogP contribution in [-0.4, -0.2) is 32.2 Å². The first-order valence-corrected chi connectivity index (χ1v) is 5.83. The molecule has 0 radical (unpaired) electrons. The van der Waals surface area contributed by atoms with Crippen LogP contribution in [0.4, 0.5) is 4.79 Å². The average Bonchev–Trinajstić information content (AvgIpc) is 2.55. The van der Waals surface area contributed by atoms with Crippen LogP contribution in [-0.2, 0) is 25.4 Å². The van der Waals surface area contributed by atoms with Crippen LogP contribution >= 0.6 is 0 Å². The molecule has 0 fully saturated rings. The number of carboxylic acid groups (broad SMARTS) is 1. The first-order valence-electron chi connectivity index (χ1n) is 5.83. The van der Waals surface area contributed by atoms with E-state index in [-0.39, 0.29) is 5.41 Å². The number of hydrogen-bond donors (Lipinski definition) is 1. The van der Waals surface area contributed by atoms with Crippen molar-refractivity contribution in [2.75, 3.05) is 6.54 Å². The first-order chi connectivity index (χ1) is 7.80. The molecule has 1 aliphatic heterocycles. The lowest BCUT2D eigenvalue weighted by molar-refractivity contribution is 0.139. The number of fused-ring (bicyclic) bond motifs is 1. The van der Waals surface area contributed by atoms with Gasteiger partial charge in [-0.3, -0.25) is 0 Å². The summed E-state index contributed by atoms with van der Waals surface area (Å²) < 4.78 is 2.12. The van der Waals surface area contributed by atoms with Gasteiger partial charge in [0.05, 0.1) is 12.2 Å². The highest BCUT2D eigenvalue weighted by molar-refractivity contribution is 5.65. The standard InChI is InChI=1S/C12H19N3O2/c1-12(2,3)10-13-8-7-15(11(16)17)6-5-9(8)14(10)4/h5-7H2,1-4H3,(H,16,17). The first kappa shape index (κ1) is 12.0. The molecule has 2 heterocycles. The quantitative estimate of drug-likeness (QED) is 0.748. The molecule has 0 aliphatic carbocycles. The largest absolute Gasteiger partial charge is 0.465 e. The van der Waals surface area contributed by atoms with Gasteiger partial charge in [-0.05, 0) is 0 Å². The van der Waals surface area contributed by atoms with Gasteiger partial charge >= 0.3 is 6.09 Å². The molecule has 0 saturated heterocycles. The zero-order valence-corrected chi connectivity index (χ0v) is 10.8. The number of rotatable bonds is 0. The Kier molecular flexibility index (Phi) is 2.64. The second kappa shape index (κ2) is 3.75. The fraction of sp³-hybridized carbons (Fsp3) is 0.667. The Morgan fingerprint density at radius 1 is 1.41 bits per heavy atom. The summed E-state index contributed by atoms with van der Waals surface area (Å²) in [6, 6.07) is 0. The van der Waals surface area contributed by atoms with Crippen molar-refractivity contribution in [3.63, 3.8) is 0 Å². The van der Waals surface area contributed by atoms with Gasteiger partial charge in [0.2, 0.25) is 0 Å². The van der Waals surface area contributed by atoms with Crippen LogP contribution < -0.4 is 0 Å². The Hall–Kier alpha value is -1.52. The van der Waals surface area contributed by atoms with E-state index in [4.69, 9.17) is 5.11 Å². The third-order valence-electron chi connectivity index (χ3n) is 3.20. The fourth-order valence-corrected chi connectivity index (χ4v) is 2.36. The highest BCUT2D eigenvalue weighted by Crippen LogP contribution is 2.26. The summed E-state index contributed by atoms with van der Waals surface area (Å²) in [5.74, 6) is 1.02. The Balaban J connectivity index is 2.38. The van der Waals surface area contributed by atoms with Crippen LogP contribution in [0.1, 0.15) is 38.0 Å². The van der Waals surface area contributed by atoms with Crippen LogP contribution in [0, 0.1) is 0 Å². The van der Waals surface area contributed by atoms with Gasteiger partial charge in [-0.1, -0.05) is 20.8 Å². The second-order valence-corrected chi connectivity index (χ2v) is 5.59. The van der Waals surface area contributed by atoms with E-state index in [2.05, 4.69) is 30.3 Å². The number of imidazole rings is 1. The summed E-state index contributed by atoms with van der Waals surface area (Å²) >= 11 is 0. The van der Waals surface area contributed by atoms with Gasteiger partial charge in [0.1, 0.15) is 5.82 Å². The van der Waals surface area contributed by atoms with Crippen LogP contribution in [0.2, 0.25) is 0 Å². The van der Waals surface area contributed by atoms with E-state index in [1.165, 1.54) is 10.6 Å². The number of nitrogens with zero attached hydrogens (tertiary/aromatic N) is 3. The van der Waals surface area contributed by atoms with Gasteiger partial charge in [-0.15, -0.1) is 0 Å². The predicted molar refractivity (Wildman–Crippen MR) is 64.0 cm³/mol. The summed E-state index contributed by atoms with van der Waals surface area (Å²) in [5.41, 5.74) is 2.07. The molecule has 1 N–H and O–H groups in total. The van der Waals surface area contributed by atoms with Gasteiger partial charge in [-0.2, -0.15) is 0 Å². The summed E-state index contributed by atoms with van der Waals surface area (Å²) in [5, 5.41) is 8.99. The van der Waals surface area contributed by atoms with E-state index < -0.39 is 6.09 Å². The molecule has 2 rings (SSSR count). The minimum Gasteiger partial charge on any atom is -0.465 e. The molecule has 5 heteroatoms. The SMILES string of the molecule is Cn1c(C(C)(C)C)nc2c1CCN(C(=O)O)C2. The molecule has 0 bridgehead atoms. The van der Waals surface area contributed by atoms with Crippen LogP contribution in [0.3, 0.4) is 0 Å². The molecule has 17 heavy (non-hydrogen) atoms. The van der Waals surface area contributed by atoms with E-state index >= 15 is 0 Å². The maximum Gasteiger partial charge on any atom is 0.407 e. The number of aromatic nitrogens is 2. The highest BCUT2D eigenvalue weighted by Gasteiger charge is 2.28. The lowest BCUT2D eigenvalue weighted by Gasteiger charge is -2.24. The summed E-state index contributed by atoms with van der Waals surface area (Å²) in [6.07, 6.45) is -0.111. The highest BCUT2D eigenvalue weighted by atomic mass is 16.4. The Labute approximate surface area is 101 Å². The third kappa shape index (κ3) is 2.01. The van der Waals surface area contributed by atoms with Gasteiger partial charge in [0.15, 0.2) is 0 Å². The van der Waals surface area contributed by atoms with E-state index in [1.54, 1.807) is 0 Å². The summed E-state index contributed by atoms with van der Waals surface area (Å²) in [7, 11) is 2.02. The van der Waals surface area contributed by atoms with E-state index in [0.717, 1.165) is 17.9 Å². The fourth-order valence-electron chi connectivity index (χ4n) is 2.36. The molecule has 0 saturated carbocycles. The van der Waals surface area contributed by atoms with Crippen molar-refractivity contribution in [2.24, 2.45) is 7.05 Å². The average molecular weight is 237 g/mol. The van der Waals surface area contributed by atoms with Gasteiger partial charge < -0.3 is 14.6 Å². The summed E-state index contributed by atoms with van der Waals surface area (Å²) in [6.45, 7) is 7.33. The molecular formula is C12H19N3O2. The number of amides is 1. The zero-order valence-electron chi connectivity index (χ0n) is 10.8. The van der Waals surface area contributed by atoms with Crippen molar-refractivity contribution in [3.05, 3.63) is 17.2 Å². The molecule has 1 aliphatic rings. The maximum atomic E-state index is 10.9. The monoisotopic (exact) mass is 237 g/mol. The third-order valence-corrected chi connectivity index (χ3v) is 3.20. The van der Waals surface area contributed by atoms with Crippen molar-refractivity contribution in [3.8, 4) is 0 Å². The Bertz CT molecular complexity index is 457. The maximum absolute atomic E-state index is 10.9. The van der Waals surface area contributed by atoms with Crippen molar-refractivity contribution in [2.45, 2.75) is 39.2 Å². The zero-order chi connectivity index (χ0) is 12.8. The molecule has 94 valence electrons. The van der Waals surface area contributed by atoms with E-state index in [0.29, 0.717) is 13.1 Å². The normalized spacial score (nSPS) is 15.9. The second-order valence-electron chi connectivity index (χ2n) is 5.59. The molecule has 5 nitrogen and oxygen atoms in total. The minimum atomic E-state index is -0.862. The summed E-state index contributed by atoms with van der Waals surface area (Å²) in [4.78, 5) is 17.0. The van der Waals surface area contributed by atoms with Crippen LogP contribution in [0.5, 0.6) is 0 Å². The van der Waals surface area contributed by atoms with Gasteiger partial charge in [0.25, 0.3) is 0 Å².